The number of aliphatic hydroxyl groups is 1. The lowest BCUT2D eigenvalue weighted by Gasteiger charge is -2.40. The normalized spacial score (nSPS) is 23.7. The van der Waals surface area contributed by atoms with Gasteiger partial charge in [-0.1, -0.05) is 30.3 Å². The average molecular weight is 355 g/mol. The number of fused-ring (bicyclic) bond motifs is 1. The maximum atomic E-state index is 12.8. The predicted octanol–water partition coefficient (Wildman–Crippen LogP) is 1.04. The first-order chi connectivity index (χ1) is 12.6. The van der Waals surface area contributed by atoms with E-state index >= 15 is 0 Å². The fourth-order valence-corrected chi connectivity index (χ4v) is 4.00. The Kier molecular flexibility index (Phi) is 4.74. The molecule has 4 rings (SSSR count). The lowest BCUT2D eigenvalue weighted by Crippen LogP contribution is -2.51. The van der Waals surface area contributed by atoms with Crippen molar-refractivity contribution in [1.82, 2.24) is 24.6 Å². The van der Waals surface area contributed by atoms with Crippen LogP contribution in [0.2, 0.25) is 0 Å². The number of hydrogen-bond acceptors (Lipinski definition) is 5. The molecule has 1 fully saturated rings. The Hall–Kier alpha value is -2.25. The first-order valence-corrected chi connectivity index (χ1v) is 9.24. The van der Waals surface area contributed by atoms with Gasteiger partial charge in [0.2, 0.25) is 5.91 Å². The molecule has 7 nitrogen and oxygen atoms in total. The van der Waals surface area contributed by atoms with E-state index < -0.39 is 5.60 Å². The molecule has 0 saturated carbocycles. The Morgan fingerprint density at radius 3 is 2.88 bits per heavy atom. The number of nitrogens with zero attached hydrogens (tertiary/aromatic N) is 5. The number of likely N-dealkylation sites (tertiary alicyclic amines) is 1. The quantitative estimate of drug-likeness (QED) is 0.887. The molecule has 2 aliphatic heterocycles. The van der Waals surface area contributed by atoms with Crippen LogP contribution in [0.15, 0.2) is 36.7 Å². The molecule has 1 amide bonds. The minimum atomic E-state index is -0.949. The molecule has 2 aromatic rings. The average Bonchev–Trinajstić information content (AvgIpc) is 3.10. The standard InChI is InChI=1S/C19H25N5O2/c25-18(23-9-10-24-15-20-21-17(24)13-23)11-19(26)7-4-8-22(14-19)12-16-5-2-1-3-6-16/h1-3,5-6,15,26H,4,7-14H2. The SMILES string of the molecule is O=C(CC1(O)CCCN(Cc2ccccc2)C1)N1CCn2cnnc2C1. The van der Waals surface area contributed by atoms with E-state index in [1.165, 1.54) is 5.56 Å². The van der Waals surface area contributed by atoms with Crippen molar-refractivity contribution in [2.75, 3.05) is 19.6 Å². The summed E-state index contributed by atoms with van der Waals surface area (Å²) in [4.78, 5) is 16.8. The van der Waals surface area contributed by atoms with E-state index in [0.717, 1.165) is 25.3 Å². The predicted molar refractivity (Wildman–Crippen MR) is 96.0 cm³/mol. The van der Waals surface area contributed by atoms with Gasteiger partial charge in [-0.15, -0.1) is 10.2 Å². The Morgan fingerprint density at radius 1 is 1.19 bits per heavy atom. The van der Waals surface area contributed by atoms with Crippen molar-refractivity contribution in [3.8, 4) is 0 Å². The molecule has 3 heterocycles. The summed E-state index contributed by atoms with van der Waals surface area (Å²) in [7, 11) is 0. The van der Waals surface area contributed by atoms with Crippen molar-refractivity contribution in [1.29, 1.82) is 0 Å². The van der Waals surface area contributed by atoms with Gasteiger partial charge in [-0.25, -0.2) is 0 Å². The first kappa shape index (κ1) is 17.2. The molecule has 1 unspecified atom stereocenters. The molecule has 0 bridgehead atoms. The van der Waals surface area contributed by atoms with Crippen LogP contribution in [0, 0.1) is 0 Å². The summed E-state index contributed by atoms with van der Waals surface area (Å²) in [5.41, 5.74) is 0.285. The highest BCUT2D eigenvalue weighted by molar-refractivity contribution is 5.77. The fraction of sp³-hybridized carbons (Fsp3) is 0.526. The van der Waals surface area contributed by atoms with Gasteiger partial charge < -0.3 is 14.6 Å². The van der Waals surface area contributed by atoms with E-state index in [4.69, 9.17) is 0 Å². The van der Waals surface area contributed by atoms with Crippen LogP contribution in [0.25, 0.3) is 0 Å². The Morgan fingerprint density at radius 2 is 2.04 bits per heavy atom. The summed E-state index contributed by atoms with van der Waals surface area (Å²) in [6.45, 7) is 4.14. The van der Waals surface area contributed by atoms with Gasteiger partial charge >= 0.3 is 0 Å². The second-order valence-corrected chi connectivity index (χ2v) is 7.46. The van der Waals surface area contributed by atoms with Gasteiger partial charge in [0.15, 0.2) is 5.82 Å². The maximum absolute atomic E-state index is 12.8. The highest BCUT2D eigenvalue weighted by atomic mass is 16.3. The van der Waals surface area contributed by atoms with Crippen molar-refractivity contribution in [2.45, 2.75) is 44.5 Å². The Labute approximate surface area is 153 Å². The van der Waals surface area contributed by atoms with Crippen LogP contribution in [-0.2, 0) is 24.4 Å². The van der Waals surface area contributed by atoms with Crippen molar-refractivity contribution in [3.63, 3.8) is 0 Å². The van der Waals surface area contributed by atoms with E-state index in [2.05, 4.69) is 27.2 Å². The van der Waals surface area contributed by atoms with Crippen LogP contribution in [0.3, 0.4) is 0 Å². The number of piperidine rings is 1. The third-order valence-electron chi connectivity index (χ3n) is 5.36. The first-order valence-electron chi connectivity index (χ1n) is 9.24. The van der Waals surface area contributed by atoms with Crippen LogP contribution in [0.1, 0.15) is 30.7 Å². The van der Waals surface area contributed by atoms with Crippen molar-refractivity contribution in [2.24, 2.45) is 0 Å². The van der Waals surface area contributed by atoms with E-state index in [1.807, 2.05) is 22.8 Å². The molecule has 1 aromatic carbocycles. The monoisotopic (exact) mass is 355 g/mol. The van der Waals surface area contributed by atoms with Crippen LogP contribution < -0.4 is 0 Å². The van der Waals surface area contributed by atoms with Crippen molar-refractivity contribution in [3.05, 3.63) is 48.0 Å². The molecule has 0 spiro atoms. The summed E-state index contributed by atoms with van der Waals surface area (Å²) in [6.07, 6.45) is 3.46. The second kappa shape index (κ2) is 7.17. The molecule has 1 atom stereocenters. The lowest BCUT2D eigenvalue weighted by molar-refractivity contribution is -0.140. The van der Waals surface area contributed by atoms with Crippen molar-refractivity contribution >= 4 is 5.91 Å². The van der Waals surface area contributed by atoms with Gasteiger partial charge in [0.25, 0.3) is 0 Å². The summed E-state index contributed by atoms with van der Waals surface area (Å²) in [6, 6.07) is 10.3. The number of amides is 1. The second-order valence-electron chi connectivity index (χ2n) is 7.46. The molecule has 26 heavy (non-hydrogen) atoms. The number of aromatic nitrogens is 3. The van der Waals surface area contributed by atoms with Crippen LogP contribution in [-0.4, -0.2) is 60.8 Å². The number of carbonyl (C=O) groups is 1. The van der Waals surface area contributed by atoms with E-state index in [-0.39, 0.29) is 12.3 Å². The molecule has 2 aliphatic rings. The summed E-state index contributed by atoms with van der Waals surface area (Å²) < 4.78 is 1.97. The van der Waals surface area contributed by atoms with Gasteiger partial charge in [0, 0.05) is 26.2 Å². The molecule has 0 radical (unpaired) electrons. The maximum Gasteiger partial charge on any atom is 0.225 e. The number of rotatable bonds is 4. The van der Waals surface area contributed by atoms with Crippen LogP contribution in [0.5, 0.6) is 0 Å². The molecule has 138 valence electrons. The van der Waals surface area contributed by atoms with E-state index in [1.54, 1.807) is 11.2 Å². The molecule has 1 aromatic heterocycles. The third-order valence-corrected chi connectivity index (χ3v) is 5.36. The van der Waals surface area contributed by atoms with Crippen LogP contribution in [0.4, 0.5) is 0 Å². The smallest absolute Gasteiger partial charge is 0.225 e. The minimum Gasteiger partial charge on any atom is -0.388 e. The Bertz CT molecular complexity index is 762. The fourth-order valence-electron chi connectivity index (χ4n) is 4.00. The zero-order valence-corrected chi connectivity index (χ0v) is 14.9. The molecule has 0 aliphatic carbocycles. The number of benzene rings is 1. The molecule has 7 heteroatoms. The third kappa shape index (κ3) is 3.78. The zero-order valence-electron chi connectivity index (χ0n) is 14.9. The van der Waals surface area contributed by atoms with Gasteiger partial charge in [-0.2, -0.15) is 0 Å². The van der Waals surface area contributed by atoms with Crippen molar-refractivity contribution < 1.29 is 9.90 Å². The van der Waals surface area contributed by atoms with Gasteiger partial charge in [0.1, 0.15) is 6.33 Å². The highest BCUT2D eigenvalue weighted by Crippen LogP contribution is 2.27. The van der Waals surface area contributed by atoms with Gasteiger partial charge in [-0.05, 0) is 24.9 Å². The number of hydrogen-bond donors (Lipinski definition) is 1. The zero-order chi connectivity index (χ0) is 18.0. The largest absolute Gasteiger partial charge is 0.388 e. The molecule has 1 saturated heterocycles. The van der Waals surface area contributed by atoms with Crippen LogP contribution >= 0.6 is 0 Å². The van der Waals surface area contributed by atoms with E-state index in [9.17, 15) is 9.90 Å². The summed E-state index contributed by atoms with van der Waals surface area (Å²) in [5.74, 6) is 0.814. The van der Waals surface area contributed by atoms with Gasteiger partial charge in [0.05, 0.1) is 18.6 Å². The van der Waals surface area contributed by atoms with Gasteiger partial charge in [-0.3, -0.25) is 9.69 Å². The summed E-state index contributed by atoms with van der Waals surface area (Å²) >= 11 is 0. The summed E-state index contributed by atoms with van der Waals surface area (Å²) in [5, 5.41) is 19.0. The molecule has 1 N–H and O–H groups in total. The molecular weight excluding hydrogens is 330 g/mol. The topological polar surface area (TPSA) is 74.5 Å². The Balaban J connectivity index is 1.36. The van der Waals surface area contributed by atoms with E-state index in [0.29, 0.717) is 32.6 Å². The highest BCUT2D eigenvalue weighted by Gasteiger charge is 2.37. The number of β-amino-alcohol motifs (C(OH)–C–C–N with tert-alkyl or cyclic N) is 1. The minimum absolute atomic E-state index is 0.00307. The lowest BCUT2D eigenvalue weighted by atomic mass is 9.88. The number of carbonyl (C=O) groups excluding carboxylic acids is 1. The molecular formula is C19H25N5O2.